The first kappa shape index (κ1) is 21.7. The number of hydrogen-bond donors (Lipinski definition) is 3. The van der Waals surface area contributed by atoms with E-state index in [0.29, 0.717) is 25.3 Å². The van der Waals surface area contributed by atoms with Gasteiger partial charge in [-0.05, 0) is 43.8 Å². The van der Waals surface area contributed by atoms with Gasteiger partial charge in [0.1, 0.15) is 24.3 Å². The van der Waals surface area contributed by atoms with Gasteiger partial charge in [-0.1, -0.05) is 30.7 Å². The Labute approximate surface area is 193 Å². The second-order valence-corrected chi connectivity index (χ2v) is 9.00. The Bertz CT molecular complexity index is 1130. The number of ether oxygens (including phenoxy) is 1. The molecule has 2 aromatic carbocycles. The first-order valence-electron chi connectivity index (χ1n) is 11.7. The lowest BCUT2D eigenvalue weighted by atomic mass is 10.0. The highest BCUT2D eigenvalue weighted by Crippen LogP contribution is 2.35. The lowest BCUT2D eigenvalue weighted by molar-refractivity contribution is 0.0585. The molecule has 1 fully saturated rings. The number of likely N-dealkylation sites (tertiary alicyclic amines) is 1. The lowest BCUT2D eigenvalue weighted by Gasteiger charge is -2.31. The van der Waals surface area contributed by atoms with Crippen LogP contribution in [0.3, 0.4) is 0 Å². The van der Waals surface area contributed by atoms with E-state index in [1.165, 1.54) is 19.3 Å². The number of rotatable bonds is 6. The van der Waals surface area contributed by atoms with Gasteiger partial charge < -0.3 is 30.5 Å². The van der Waals surface area contributed by atoms with Crippen LogP contribution in [0.5, 0.6) is 11.8 Å². The van der Waals surface area contributed by atoms with Crippen molar-refractivity contribution in [1.82, 2.24) is 14.9 Å². The van der Waals surface area contributed by atoms with Gasteiger partial charge in [-0.3, -0.25) is 0 Å². The highest BCUT2D eigenvalue weighted by Gasteiger charge is 2.24. The number of aromatic hydroxyl groups is 1. The van der Waals surface area contributed by atoms with E-state index in [9.17, 15) is 10.2 Å². The largest absolute Gasteiger partial charge is 0.508 e. The van der Waals surface area contributed by atoms with Gasteiger partial charge in [-0.2, -0.15) is 9.97 Å². The fourth-order valence-corrected chi connectivity index (χ4v) is 4.91. The maximum Gasteiger partial charge on any atom is 0.318 e. The second-order valence-electron chi connectivity index (χ2n) is 9.00. The van der Waals surface area contributed by atoms with Gasteiger partial charge in [0.15, 0.2) is 0 Å². The number of aliphatic hydroxyl groups is 1. The fraction of sp³-hybridized carbons (Fsp3) is 0.440. The molecule has 2 aliphatic heterocycles. The van der Waals surface area contributed by atoms with Crippen LogP contribution in [0.25, 0.3) is 10.8 Å². The number of hydrogen-bond acceptors (Lipinski definition) is 8. The third-order valence-corrected chi connectivity index (χ3v) is 6.56. The Balaban J connectivity index is 1.31. The molecule has 3 heterocycles. The lowest BCUT2D eigenvalue weighted by Crippen LogP contribution is -2.38. The zero-order valence-corrected chi connectivity index (χ0v) is 18.8. The number of piperidine rings is 1. The van der Waals surface area contributed by atoms with Crippen molar-refractivity contribution in [2.75, 3.05) is 43.4 Å². The summed E-state index contributed by atoms with van der Waals surface area (Å²) in [5.74, 6) is 0.671. The summed E-state index contributed by atoms with van der Waals surface area (Å²) in [6.07, 6.45) is 3.75. The molecule has 0 bridgehead atoms. The van der Waals surface area contributed by atoms with Crippen molar-refractivity contribution in [2.45, 2.75) is 38.3 Å². The minimum absolute atomic E-state index is 0.135. The molecule has 4 N–H and O–H groups in total. The zero-order chi connectivity index (χ0) is 22.8. The van der Waals surface area contributed by atoms with Crippen molar-refractivity contribution in [1.29, 1.82) is 0 Å². The minimum Gasteiger partial charge on any atom is -0.508 e. The molecule has 33 heavy (non-hydrogen) atoms. The SMILES string of the molecule is Nc1nc(OCC(O)CN2CCCCC2)nc2c1CCN(c1cc(O)cc3ccccc13)C2. The highest BCUT2D eigenvalue weighted by atomic mass is 16.5. The minimum atomic E-state index is -0.598. The van der Waals surface area contributed by atoms with Crippen LogP contribution in [0.15, 0.2) is 36.4 Å². The number of nitrogen functional groups attached to an aromatic ring is 1. The second kappa shape index (κ2) is 9.41. The zero-order valence-electron chi connectivity index (χ0n) is 18.8. The molecule has 5 rings (SSSR count). The number of aromatic nitrogens is 2. The molecule has 0 amide bonds. The average Bonchev–Trinajstić information content (AvgIpc) is 2.82. The standard InChI is InChI=1S/C25H31N5O3/c26-24-21-8-11-30(23-13-18(31)12-17-6-2-3-7-20(17)23)15-22(21)27-25(28-24)33-16-19(32)14-29-9-4-1-5-10-29/h2-3,6-7,12-13,19,31-32H,1,4-5,8-11,14-16H2,(H2,26,27,28). The summed E-state index contributed by atoms with van der Waals surface area (Å²) in [7, 11) is 0. The number of benzene rings is 2. The third kappa shape index (κ3) is 4.82. The molecular formula is C25H31N5O3. The summed E-state index contributed by atoms with van der Waals surface area (Å²) < 4.78 is 5.75. The summed E-state index contributed by atoms with van der Waals surface area (Å²) in [6.45, 7) is 4.08. The van der Waals surface area contributed by atoms with E-state index in [4.69, 9.17) is 10.5 Å². The van der Waals surface area contributed by atoms with E-state index < -0.39 is 6.10 Å². The Hall–Kier alpha value is -3.10. The van der Waals surface area contributed by atoms with Gasteiger partial charge >= 0.3 is 6.01 Å². The molecule has 0 radical (unpaired) electrons. The first-order chi connectivity index (χ1) is 16.1. The highest BCUT2D eigenvalue weighted by molar-refractivity contribution is 5.95. The van der Waals surface area contributed by atoms with Crippen molar-refractivity contribution >= 4 is 22.3 Å². The number of β-amino-alcohol motifs (C(OH)–C–C–N with tert-alkyl or cyclic N) is 1. The predicted molar refractivity (Wildman–Crippen MR) is 129 cm³/mol. The van der Waals surface area contributed by atoms with Crippen LogP contribution in [0, 0.1) is 0 Å². The molecule has 0 saturated carbocycles. The number of nitrogens with two attached hydrogens (primary N) is 1. The van der Waals surface area contributed by atoms with Gasteiger partial charge in [-0.15, -0.1) is 0 Å². The summed E-state index contributed by atoms with van der Waals surface area (Å²) in [5.41, 5.74) is 8.96. The molecule has 1 aromatic heterocycles. The molecule has 3 aromatic rings. The Morgan fingerprint density at radius 3 is 2.73 bits per heavy atom. The molecular weight excluding hydrogens is 418 g/mol. The Morgan fingerprint density at radius 1 is 1.06 bits per heavy atom. The van der Waals surface area contributed by atoms with Crippen molar-refractivity contribution in [3.05, 3.63) is 47.7 Å². The number of nitrogens with zero attached hydrogens (tertiary/aromatic N) is 4. The third-order valence-electron chi connectivity index (χ3n) is 6.56. The van der Waals surface area contributed by atoms with E-state index in [-0.39, 0.29) is 18.4 Å². The monoisotopic (exact) mass is 449 g/mol. The molecule has 1 atom stereocenters. The number of aliphatic hydroxyl groups excluding tert-OH is 1. The van der Waals surface area contributed by atoms with E-state index in [2.05, 4.69) is 25.8 Å². The smallest absolute Gasteiger partial charge is 0.318 e. The Kier molecular flexibility index (Phi) is 6.20. The fourth-order valence-electron chi connectivity index (χ4n) is 4.91. The summed E-state index contributed by atoms with van der Waals surface area (Å²) in [5, 5.41) is 22.7. The molecule has 8 nitrogen and oxygen atoms in total. The topological polar surface area (TPSA) is 108 Å². The van der Waals surface area contributed by atoms with Crippen LogP contribution < -0.4 is 15.4 Å². The van der Waals surface area contributed by atoms with Gasteiger partial charge in [0.05, 0.1) is 12.2 Å². The van der Waals surface area contributed by atoms with Crippen molar-refractivity contribution < 1.29 is 14.9 Å². The van der Waals surface area contributed by atoms with Crippen LogP contribution in [-0.2, 0) is 13.0 Å². The number of phenolic OH excluding ortho intramolecular Hbond substituents is 1. The van der Waals surface area contributed by atoms with Gasteiger partial charge in [-0.25, -0.2) is 0 Å². The van der Waals surface area contributed by atoms with Crippen molar-refractivity contribution in [3.8, 4) is 11.8 Å². The molecule has 8 heteroatoms. The summed E-state index contributed by atoms with van der Waals surface area (Å²) in [6, 6.07) is 11.8. The molecule has 174 valence electrons. The average molecular weight is 450 g/mol. The quantitative estimate of drug-likeness (QED) is 0.527. The maximum absolute atomic E-state index is 10.4. The molecule has 2 aliphatic rings. The van der Waals surface area contributed by atoms with Crippen LogP contribution in [0.2, 0.25) is 0 Å². The van der Waals surface area contributed by atoms with Crippen molar-refractivity contribution in [3.63, 3.8) is 0 Å². The molecule has 1 saturated heterocycles. The van der Waals surface area contributed by atoms with Gasteiger partial charge in [0.2, 0.25) is 0 Å². The number of anilines is 2. The van der Waals surface area contributed by atoms with E-state index >= 15 is 0 Å². The number of fused-ring (bicyclic) bond motifs is 2. The molecule has 1 unspecified atom stereocenters. The van der Waals surface area contributed by atoms with Crippen LogP contribution >= 0.6 is 0 Å². The van der Waals surface area contributed by atoms with E-state index in [1.807, 2.05) is 18.2 Å². The van der Waals surface area contributed by atoms with Crippen LogP contribution in [0.1, 0.15) is 30.5 Å². The van der Waals surface area contributed by atoms with E-state index in [1.54, 1.807) is 12.1 Å². The summed E-state index contributed by atoms with van der Waals surface area (Å²) in [4.78, 5) is 13.4. The predicted octanol–water partition coefficient (Wildman–Crippen LogP) is 2.71. The molecule has 0 aliphatic carbocycles. The summed E-state index contributed by atoms with van der Waals surface area (Å²) >= 11 is 0. The number of phenols is 1. The van der Waals surface area contributed by atoms with E-state index in [0.717, 1.165) is 47.4 Å². The van der Waals surface area contributed by atoms with Gasteiger partial charge in [0.25, 0.3) is 0 Å². The molecule has 0 spiro atoms. The van der Waals surface area contributed by atoms with Crippen LogP contribution in [-0.4, -0.2) is 64.0 Å². The first-order valence-corrected chi connectivity index (χ1v) is 11.7. The maximum atomic E-state index is 10.4. The van der Waals surface area contributed by atoms with Gasteiger partial charge in [0, 0.05) is 35.8 Å². The Morgan fingerprint density at radius 2 is 1.88 bits per heavy atom. The normalized spacial score (nSPS) is 17.7. The van der Waals surface area contributed by atoms with Crippen molar-refractivity contribution in [2.24, 2.45) is 0 Å². The van der Waals surface area contributed by atoms with Crippen LogP contribution in [0.4, 0.5) is 11.5 Å².